The summed E-state index contributed by atoms with van der Waals surface area (Å²) in [5.74, 6) is 0.207. The van der Waals surface area contributed by atoms with E-state index in [4.69, 9.17) is 15.8 Å². The van der Waals surface area contributed by atoms with Crippen molar-refractivity contribution in [1.82, 2.24) is 9.36 Å². The monoisotopic (exact) mass is 197 g/mol. The third-order valence-electron chi connectivity index (χ3n) is 1.04. The van der Waals surface area contributed by atoms with E-state index in [2.05, 4.69) is 14.5 Å². The predicted molar refractivity (Wildman–Crippen MR) is 48.1 cm³/mol. The first-order valence-corrected chi connectivity index (χ1v) is 4.25. The minimum atomic E-state index is 0.0369. The van der Waals surface area contributed by atoms with Gasteiger partial charge in [-0.25, -0.2) is 0 Å². The highest BCUT2D eigenvalue weighted by Gasteiger charge is 2.09. The molecule has 13 heavy (non-hydrogen) atoms. The molecule has 68 valence electrons. The lowest BCUT2D eigenvalue weighted by Crippen LogP contribution is -2.01. The maximum Gasteiger partial charge on any atom is 0.225 e. The summed E-state index contributed by atoms with van der Waals surface area (Å²) < 4.78 is 3.81. The molecule has 0 fully saturated rings. The molecule has 0 bridgehead atoms. The number of anilines is 1. The van der Waals surface area contributed by atoms with Crippen LogP contribution in [0.2, 0.25) is 0 Å². The Labute approximate surface area is 78.8 Å². The third kappa shape index (κ3) is 2.38. The van der Waals surface area contributed by atoms with Gasteiger partial charge in [-0.2, -0.15) is 14.6 Å². The number of nitrogens with two attached hydrogens (primary N) is 1. The molecule has 1 heterocycles. The summed E-state index contributed by atoms with van der Waals surface area (Å²) in [5, 5.41) is 12.5. The van der Waals surface area contributed by atoms with Gasteiger partial charge in [0.1, 0.15) is 12.7 Å². The Morgan fingerprint density at radius 3 is 3.08 bits per heavy atom. The van der Waals surface area contributed by atoms with Crippen LogP contribution in [-0.4, -0.2) is 21.7 Å². The van der Waals surface area contributed by atoms with Gasteiger partial charge in [-0.15, -0.1) is 0 Å². The standard InChI is InChI=1S/C6H7N5OS/c1-2-12-10-4(3-7)5-9-6(8)13-11-5/h2H2,1H3,(H2,8,9,11)/b10-4+. The van der Waals surface area contributed by atoms with Crippen LogP contribution >= 0.6 is 11.5 Å². The number of aromatic nitrogens is 2. The second kappa shape index (κ2) is 4.37. The van der Waals surface area contributed by atoms with Crippen molar-refractivity contribution in [3.8, 4) is 6.07 Å². The lowest BCUT2D eigenvalue weighted by atomic mass is 10.4. The molecule has 0 saturated heterocycles. The molecule has 0 amide bonds. The Bertz CT molecular complexity index is 352. The van der Waals surface area contributed by atoms with Crippen LogP contribution in [0.1, 0.15) is 12.7 Å². The Hall–Kier alpha value is -1.68. The first kappa shape index (κ1) is 9.41. The van der Waals surface area contributed by atoms with Crippen LogP contribution in [0.25, 0.3) is 0 Å². The van der Waals surface area contributed by atoms with Gasteiger partial charge in [0.15, 0.2) is 5.13 Å². The minimum Gasteiger partial charge on any atom is -0.395 e. The number of nitrogen functional groups attached to an aromatic ring is 1. The van der Waals surface area contributed by atoms with E-state index >= 15 is 0 Å². The molecule has 2 N–H and O–H groups in total. The van der Waals surface area contributed by atoms with Crippen molar-refractivity contribution in [3.63, 3.8) is 0 Å². The van der Waals surface area contributed by atoms with Crippen molar-refractivity contribution in [1.29, 1.82) is 5.26 Å². The summed E-state index contributed by atoms with van der Waals surface area (Å²) in [7, 11) is 0. The molecule has 1 aromatic rings. The molecule has 0 aliphatic heterocycles. The average molecular weight is 197 g/mol. The zero-order valence-electron chi connectivity index (χ0n) is 6.89. The number of rotatable bonds is 3. The molecule has 0 atom stereocenters. The van der Waals surface area contributed by atoms with Gasteiger partial charge in [0.05, 0.1) is 0 Å². The van der Waals surface area contributed by atoms with Crippen molar-refractivity contribution < 1.29 is 4.84 Å². The second-order valence-corrected chi connectivity index (χ2v) is 2.71. The van der Waals surface area contributed by atoms with E-state index in [-0.39, 0.29) is 11.5 Å². The maximum atomic E-state index is 8.64. The van der Waals surface area contributed by atoms with Crippen molar-refractivity contribution >= 4 is 22.4 Å². The van der Waals surface area contributed by atoms with E-state index in [1.165, 1.54) is 0 Å². The van der Waals surface area contributed by atoms with E-state index < -0.39 is 0 Å². The van der Waals surface area contributed by atoms with Crippen molar-refractivity contribution in [3.05, 3.63) is 5.82 Å². The van der Waals surface area contributed by atoms with E-state index in [0.29, 0.717) is 11.7 Å². The molecule has 1 aromatic heterocycles. The smallest absolute Gasteiger partial charge is 0.225 e. The zero-order valence-corrected chi connectivity index (χ0v) is 7.71. The molecule has 0 aliphatic carbocycles. The fraction of sp³-hybridized carbons (Fsp3) is 0.333. The van der Waals surface area contributed by atoms with Crippen LogP contribution in [0.5, 0.6) is 0 Å². The second-order valence-electron chi connectivity index (χ2n) is 1.93. The molecule has 7 heteroatoms. The minimum absolute atomic E-state index is 0.0369. The van der Waals surface area contributed by atoms with Crippen LogP contribution in [0.4, 0.5) is 5.13 Å². The van der Waals surface area contributed by atoms with Gasteiger partial charge in [-0.05, 0) is 6.92 Å². The van der Waals surface area contributed by atoms with Gasteiger partial charge in [-0.1, -0.05) is 5.16 Å². The first-order valence-electron chi connectivity index (χ1n) is 3.47. The molecule has 0 radical (unpaired) electrons. The zero-order chi connectivity index (χ0) is 9.68. The van der Waals surface area contributed by atoms with Crippen LogP contribution < -0.4 is 5.73 Å². The molecule has 6 nitrogen and oxygen atoms in total. The third-order valence-corrected chi connectivity index (χ3v) is 1.59. The van der Waals surface area contributed by atoms with Crippen LogP contribution in [0.3, 0.4) is 0 Å². The average Bonchev–Trinajstić information content (AvgIpc) is 2.54. The molecule has 0 unspecified atom stereocenters. The number of hydrogen-bond acceptors (Lipinski definition) is 7. The van der Waals surface area contributed by atoms with Crippen LogP contribution in [0, 0.1) is 11.3 Å². The lowest BCUT2D eigenvalue weighted by molar-refractivity contribution is 0.159. The van der Waals surface area contributed by atoms with Crippen LogP contribution in [0.15, 0.2) is 5.16 Å². The molecule has 1 rings (SSSR count). The molecular formula is C6H7N5OS. The van der Waals surface area contributed by atoms with E-state index in [1.54, 1.807) is 6.92 Å². The van der Waals surface area contributed by atoms with Gasteiger partial charge in [0, 0.05) is 11.5 Å². The normalized spacial score (nSPS) is 10.9. The highest BCUT2D eigenvalue weighted by Crippen LogP contribution is 2.06. The van der Waals surface area contributed by atoms with E-state index in [9.17, 15) is 0 Å². The Balaban J connectivity index is 2.86. The fourth-order valence-electron chi connectivity index (χ4n) is 0.572. The Morgan fingerprint density at radius 1 is 1.85 bits per heavy atom. The van der Waals surface area contributed by atoms with Gasteiger partial charge >= 0.3 is 0 Å². The van der Waals surface area contributed by atoms with Gasteiger partial charge in [-0.3, -0.25) is 0 Å². The summed E-state index contributed by atoms with van der Waals surface area (Å²) >= 11 is 1.01. The summed E-state index contributed by atoms with van der Waals surface area (Å²) in [6.07, 6.45) is 0. The molecule has 0 aromatic carbocycles. The Morgan fingerprint density at radius 2 is 2.62 bits per heavy atom. The lowest BCUT2D eigenvalue weighted by Gasteiger charge is -1.91. The SMILES string of the molecule is CCO/N=C(\C#N)c1nsc(N)n1. The number of hydrogen-bond donors (Lipinski definition) is 1. The van der Waals surface area contributed by atoms with Crippen molar-refractivity contribution in [2.45, 2.75) is 6.92 Å². The van der Waals surface area contributed by atoms with E-state index in [1.807, 2.05) is 6.07 Å². The summed E-state index contributed by atoms with van der Waals surface area (Å²) in [5.41, 5.74) is 5.38. The largest absolute Gasteiger partial charge is 0.395 e. The summed E-state index contributed by atoms with van der Waals surface area (Å²) in [6, 6.07) is 1.82. The van der Waals surface area contributed by atoms with E-state index in [0.717, 1.165) is 11.5 Å². The maximum absolute atomic E-state index is 8.64. The van der Waals surface area contributed by atoms with Gasteiger partial charge in [0.2, 0.25) is 11.5 Å². The molecule has 0 saturated carbocycles. The molecule has 0 spiro atoms. The number of nitriles is 1. The topological polar surface area (TPSA) is 97.2 Å². The van der Waals surface area contributed by atoms with Crippen molar-refractivity contribution in [2.75, 3.05) is 12.3 Å². The van der Waals surface area contributed by atoms with Crippen LogP contribution in [-0.2, 0) is 4.84 Å². The molecule has 0 aliphatic rings. The highest BCUT2D eigenvalue weighted by molar-refractivity contribution is 7.09. The van der Waals surface area contributed by atoms with Crippen molar-refractivity contribution in [2.24, 2.45) is 5.16 Å². The Kier molecular flexibility index (Phi) is 3.16. The summed E-state index contributed by atoms with van der Waals surface area (Å²) in [6.45, 7) is 2.16. The summed E-state index contributed by atoms with van der Waals surface area (Å²) in [4.78, 5) is 8.49. The van der Waals surface area contributed by atoms with Gasteiger partial charge < -0.3 is 10.6 Å². The predicted octanol–water partition coefficient (Wildman–Crippen LogP) is 0.384. The number of nitrogens with zero attached hydrogens (tertiary/aromatic N) is 4. The van der Waals surface area contributed by atoms with Gasteiger partial charge in [0.25, 0.3) is 0 Å². The first-order chi connectivity index (χ1) is 6.27. The number of oxime groups is 1. The molecular weight excluding hydrogens is 190 g/mol. The fourth-order valence-corrected chi connectivity index (χ4v) is 1.01. The highest BCUT2D eigenvalue weighted by atomic mass is 32.1. The quantitative estimate of drug-likeness (QED) is 0.558.